The number of thiophene rings is 1. The summed E-state index contributed by atoms with van der Waals surface area (Å²) in [4.78, 5) is 24.9. The van der Waals surface area contributed by atoms with Crippen molar-refractivity contribution in [3.63, 3.8) is 0 Å². The lowest BCUT2D eigenvalue weighted by atomic mass is 10.1. The number of nitrogens with zero attached hydrogens (tertiary/aromatic N) is 1. The van der Waals surface area contributed by atoms with E-state index in [4.69, 9.17) is 0 Å². The van der Waals surface area contributed by atoms with Gasteiger partial charge in [0.25, 0.3) is 0 Å². The van der Waals surface area contributed by atoms with Crippen LogP contribution in [0.15, 0.2) is 15.7 Å². The molecule has 1 aliphatic heterocycles. The molecule has 0 spiro atoms. The molecule has 0 N–H and O–H groups in total. The number of carbonyl (C=O) groups is 2. The normalized spacial score (nSPS) is 19.4. The Morgan fingerprint density at radius 2 is 2.31 bits per heavy atom. The highest BCUT2D eigenvalue weighted by atomic mass is 32.2. The summed E-state index contributed by atoms with van der Waals surface area (Å²) in [6.07, 6.45) is 0.925. The molecule has 16 heavy (non-hydrogen) atoms. The highest BCUT2D eigenvalue weighted by Crippen LogP contribution is 2.40. The molecule has 1 amide bonds. The van der Waals surface area contributed by atoms with Gasteiger partial charge in [0.2, 0.25) is 5.91 Å². The second kappa shape index (κ2) is 4.59. The maximum Gasteiger partial charge on any atom is 0.223 e. The number of fused-ring (bicyclic) bond motifs is 1. The van der Waals surface area contributed by atoms with Crippen molar-refractivity contribution >= 4 is 34.8 Å². The fourth-order valence-electron chi connectivity index (χ4n) is 1.59. The molecule has 0 fully saturated rings. The van der Waals surface area contributed by atoms with E-state index in [1.165, 1.54) is 0 Å². The van der Waals surface area contributed by atoms with Crippen molar-refractivity contribution in [1.29, 1.82) is 0 Å². The van der Waals surface area contributed by atoms with E-state index in [-0.39, 0.29) is 16.9 Å². The summed E-state index contributed by atoms with van der Waals surface area (Å²) in [5.41, 5.74) is 0.837. The van der Waals surface area contributed by atoms with Crippen LogP contribution < -0.4 is 0 Å². The standard InChI is InChI=1S/C11H13NO2S2/c1-12(2)10(14)6-7-5-9(13)8-3-4-15-11(8)16-7/h3-4,7H,5-6H2,1-2H3. The van der Waals surface area contributed by atoms with Crippen molar-refractivity contribution in [3.05, 3.63) is 17.0 Å². The molecule has 0 bridgehead atoms. The maximum atomic E-state index is 11.8. The molecule has 1 unspecified atom stereocenters. The second-order valence-corrected chi connectivity index (χ2v) is 6.47. The van der Waals surface area contributed by atoms with Crippen molar-refractivity contribution < 1.29 is 9.59 Å². The van der Waals surface area contributed by atoms with Crippen LogP contribution in [0.25, 0.3) is 0 Å². The minimum atomic E-state index is 0.0882. The minimum Gasteiger partial charge on any atom is -0.349 e. The van der Waals surface area contributed by atoms with Gasteiger partial charge in [-0.15, -0.1) is 23.1 Å². The Kier molecular flexibility index (Phi) is 3.35. The number of amides is 1. The predicted octanol–water partition coefficient (Wildman–Crippen LogP) is 2.27. The van der Waals surface area contributed by atoms with E-state index in [1.807, 2.05) is 11.4 Å². The number of carbonyl (C=O) groups excluding carboxylic acids is 2. The Labute approximate surface area is 103 Å². The Balaban J connectivity index is 2.07. The minimum absolute atomic E-state index is 0.0882. The SMILES string of the molecule is CN(C)C(=O)CC1CC(=O)c2ccsc2S1. The Morgan fingerprint density at radius 1 is 1.56 bits per heavy atom. The molecule has 1 aromatic rings. The molecule has 2 heterocycles. The molecule has 2 rings (SSSR count). The van der Waals surface area contributed by atoms with Gasteiger partial charge in [0.15, 0.2) is 5.78 Å². The van der Waals surface area contributed by atoms with Gasteiger partial charge in [-0.3, -0.25) is 9.59 Å². The number of Topliss-reactive ketones (excluding diaryl/α,β-unsaturated/α-hetero) is 1. The van der Waals surface area contributed by atoms with Gasteiger partial charge in [-0.1, -0.05) is 0 Å². The highest BCUT2D eigenvalue weighted by Gasteiger charge is 2.28. The van der Waals surface area contributed by atoms with Gasteiger partial charge in [0, 0.05) is 37.8 Å². The van der Waals surface area contributed by atoms with Crippen LogP contribution in [0.3, 0.4) is 0 Å². The van der Waals surface area contributed by atoms with Crippen LogP contribution in [-0.2, 0) is 4.79 Å². The molecule has 1 aliphatic rings. The van der Waals surface area contributed by atoms with Crippen molar-refractivity contribution in [2.75, 3.05) is 14.1 Å². The second-order valence-electron chi connectivity index (χ2n) is 3.98. The van der Waals surface area contributed by atoms with Gasteiger partial charge in [-0.25, -0.2) is 0 Å². The number of hydrogen-bond acceptors (Lipinski definition) is 4. The van der Waals surface area contributed by atoms with Crippen molar-refractivity contribution in [1.82, 2.24) is 4.90 Å². The van der Waals surface area contributed by atoms with E-state index in [0.29, 0.717) is 12.8 Å². The lowest BCUT2D eigenvalue weighted by Crippen LogP contribution is -2.27. The van der Waals surface area contributed by atoms with Crippen LogP contribution in [0.5, 0.6) is 0 Å². The zero-order chi connectivity index (χ0) is 11.7. The van der Waals surface area contributed by atoms with Crippen LogP contribution in [0.4, 0.5) is 0 Å². The lowest BCUT2D eigenvalue weighted by Gasteiger charge is -2.21. The van der Waals surface area contributed by atoms with Gasteiger partial charge in [0.05, 0.1) is 4.21 Å². The van der Waals surface area contributed by atoms with E-state index in [1.54, 1.807) is 42.1 Å². The zero-order valence-corrected chi connectivity index (χ0v) is 10.9. The smallest absolute Gasteiger partial charge is 0.223 e. The number of ketones is 1. The van der Waals surface area contributed by atoms with Gasteiger partial charge in [-0.2, -0.15) is 0 Å². The summed E-state index contributed by atoms with van der Waals surface area (Å²) in [5, 5.41) is 2.04. The van der Waals surface area contributed by atoms with Gasteiger partial charge >= 0.3 is 0 Å². The van der Waals surface area contributed by atoms with Gasteiger partial charge in [-0.05, 0) is 11.4 Å². The van der Waals surface area contributed by atoms with Gasteiger partial charge < -0.3 is 4.90 Å². The molecule has 1 aromatic heterocycles. The third-order valence-electron chi connectivity index (χ3n) is 2.52. The zero-order valence-electron chi connectivity index (χ0n) is 9.23. The summed E-state index contributed by atoms with van der Waals surface area (Å²) < 4.78 is 1.06. The molecule has 3 nitrogen and oxygen atoms in total. The summed E-state index contributed by atoms with van der Waals surface area (Å²) in [7, 11) is 3.49. The molecule has 5 heteroatoms. The van der Waals surface area contributed by atoms with E-state index in [0.717, 1.165) is 9.77 Å². The number of hydrogen-bond donors (Lipinski definition) is 0. The summed E-state index contributed by atoms with van der Waals surface area (Å²) >= 11 is 3.25. The number of thioether (sulfide) groups is 1. The molecular weight excluding hydrogens is 242 g/mol. The quantitative estimate of drug-likeness (QED) is 0.813. The Bertz CT molecular complexity index is 425. The third kappa shape index (κ3) is 2.30. The summed E-state index contributed by atoms with van der Waals surface area (Å²) in [5.74, 6) is 0.261. The van der Waals surface area contributed by atoms with Crippen molar-refractivity contribution in [2.45, 2.75) is 22.3 Å². The molecule has 86 valence electrons. The first kappa shape index (κ1) is 11.7. The highest BCUT2D eigenvalue weighted by molar-refractivity contribution is 8.01. The first-order chi connectivity index (χ1) is 7.58. The molecule has 0 saturated carbocycles. The topological polar surface area (TPSA) is 37.4 Å². The first-order valence-electron chi connectivity index (χ1n) is 5.05. The fraction of sp³-hybridized carbons (Fsp3) is 0.455. The van der Waals surface area contributed by atoms with Crippen molar-refractivity contribution in [3.8, 4) is 0 Å². The Hall–Kier alpha value is -0.810. The summed E-state index contributed by atoms with van der Waals surface area (Å²) in [6.45, 7) is 0. The van der Waals surface area contributed by atoms with E-state index >= 15 is 0 Å². The van der Waals surface area contributed by atoms with Gasteiger partial charge in [0.1, 0.15) is 0 Å². The van der Waals surface area contributed by atoms with Crippen LogP contribution in [0.1, 0.15) is 23.2 Å². The predicted molar refractivity (Wildman–Crippen MR) is 66.2 cm³/mol. The van der Waals surface area contributed by atoms with E-state index in [9.17, 15) is 9.59 Å². The van der Waals surface area contributed by atoms with Crippen LogP contribution in [0.2, 0.25) is 0 Å². The molecule has 1 atom stereocenters. The van der Waals surface area contributed by atoms with Crippen LogP contribution in [-0.4, -0.2) is 35.9 Å². The molecule has 0 saturated heterocycles. The molecule has 0 aliphatic carbocycles. The molecular formula is C11H13NO2S2. The fourth-order valence-corrected chi connectivity index (χ4v) is 4.10. The third-order valence-corrected chi connectivity index (χ3v) is 4.90. The maximum absolute atomic E-state index is 11.8. The molecule has 0 radical (unpaired) electrons. The Morgan fingerprint density at radius 3 is 3.00 bits per heavy atom. The monoisotopic (exact) mass is 255 g/mol. The van der Waals surface area contributed by atoms with E-state index < -0.39 is 0 Å². The first-order valence-corrected chi connectivity index (χ1v) is 6.81. The summed E-state index contributed by atoms with van der Waals surface area (Å²) in [6, 6.07) is 1.87. The number of rotatable bonds is 2. The van der Waals surface area contributed by atoms with E-state index in [2.05, 4.69) is 0 Å². The average Bonchev–Trinajstić information content (AvgIpc) is 2.65. The largest absolute Gasteiger partial charge is 0.349 e. The molecule has 0 aromatic carbocycles. The van der Waals surface area contributed by atoms with Crippen molar-refractivity contribution in [2.24, 2.45) is 0 Å². The average molecular weight is 255 g/mol. The van der Waals surface area contributed by atoms with Crippen LogP contribution in [0, 0.1) is 0 Å². The van der Waals surface area contributed by atoms with Crippen LogP contribution >= 0.6 is 23.1 Å². The lowest BCUT2D eigenvalue weighted by molar-refractivity contribution is -0.128.